The van der Waals surface area contributed by atoms with Crippen molar-refractivity contribution < 1.29 is 34.2 Å². The lowest BCUT2D eigenvalue weighted by molar-refractivity contribution is -0.141. The smallest absolute Gasteiger partial charge is 0.328 e. The maximum Gasteiger partial charge on any atom is 0.328 e. The average Bonchev–Trinajstić information content (AvgIpc) is 3.01. The fraction of sp³-hybridized carbons (Fsp3) is 0.615. The number of hydrogen-bond acceptors (Lipinski definition) is 9. The van der Waals surface area contributed by atoms with Crippen LogP contribution in [0.2, 0.25) is 0 Å². The lowest BCUT2D eigenvalue weighted by atomic mass is 10.2. The number of aliphatic carboxylic acids is 1. The number of nitrogens with two attached hydrogens (primary N) is 2. The first-order chi connectivity index (χ1) is 12.1. The third-order valence-corrected chi connectivity index (χ3v) is 3.27. The zero-order chi connectivity index (χ0) is 19.9. The molecule has 0 bridgehead atoms. The van der Waals surface area contributed by atoms with Gasteiger partial charge in [-0.1, -0.05) is 5.16 Å². The molecular weight excluding hydrogens is 352 g/mol. The van der Waals surface area contributed by atoms with Gasteiger partial charge in [-0.2, -0.15) is 4.98 Å². The number of amides is 3. The second-order valence-corrected chi connectivity index (χ2v) is 5.51. The zero-order valence-electron chi connectivity index (χ0n) is 14.0. The molecule has 146 valence electrons. The summed E-state index contributed by atoms with van der Waals surface area (Å²) < 4.78 is 4.96. The van der Waals surface area contributed by atoms with Crippen molar-refractivity contribution in [3.05, 3.63) is 11.7 Å². The van der Waals surface area contributed by atoms with Crippen molar-refractivity contribution >= 4 is 17.9 Å². The van der Waals surface area contributed by atoms with Crippen LogP contribution in [-0.2, 0) is 9.59 Å². The Balaban J connectivity index is 2.89. The molecule has 0 saturated carbocycles. The molecule has 0 saturated heterocycles. The number of carboxylic acid groups (broad SMARTS) is 1. The van der Waals surface area contributed by atoms with Gasteiger partial charge in [0, 0.05) is 6.61 Å². The molecule has 9 N–H and O–H groups in total. The van der Waals surface area contributed by atoms with E-state index in [-0.39, 0.29) is 24.7 Å². The number of nitrogens with zero attached hydrogens (tertiary/aromatic N) is 2. The van der Waals surface area contributed by atoms with E-state index in [0.717, 1.165) is 0 Å². The van der Waals surface area contributed by atoms with Crippen molar-refractivity contribution in [1.29, 1.82) is 0 Å². The Kier molecular flexibility index (Phi) is 7.89. The highest BCUT2D eigenvalue weighted by Crippen LogP contribution is 2.17. The molecule has 1 rings (SSSR count). The van der Waals surface area contributed by atoms with Crippen LogP contribution in [0.3, 0.4) is 0 Å². The standard InChI is InChI=1S/C13H22N6O7/c1-5(21)9(12(23)24)17-13(25)16-7(4-8(15)22)11-18-10(19-26-11)6(14)2-3-20/h5-7,9,20-21H,2-4,14H2,1H3,(H2,15,22)(H,23,24)(H2,16,17,25)/t5?,6-,7?,9-/m0/s1. The van der Waals surface area contributed by atoms with E-state index in [2.05, 4.69) is 15.5 Å². The molecule has 1 aromatic rings. The van der Waals surface area contributed by atoms with E-state index in [4.69, 9.17) is 26.2 Å². The highest BCUT2D eigenvalue weighted by Gasteiger charge is 2.29. The summed E-state index contributed by atoms with van der Waals surface area (Å²) in [7, 11) is 0. The van der Waals surface area contributed by atoms with Crippen molar-refractivity contribution in [2.24, 2.45) is 11.5 Å². The van der Waals surface area contributed by atoms with E-state index in [0.29, 0.717) is 0 Å². The van der Waals surface area contributed by atoms with Crippen LogP contribution in [0.1, 0.15) is 43.6 Å². The van der Waals surface area contributed by atoms with E-state index >= 15 is 0 Å². The molecule has 0 radical (unpaired) electrons. The maximum absolute atomic E-state index is 12.0. The second-order valence-electron chi connectivity index (χ2n) is 5.51. The largest absolute Gasteiger partial charge is 0.480 e. The number of aliphatic hydroxyl groups is 2. The normalized spacial score (nSPS) is 15.5. The SMILES string of the molecule is CC(O)[C@H](NC(=O)NC(CC(N)=O)c1nc([C@@H](N)CCO)no1)C(=O)O. The Morgan fingerprint density at radius 2 is 1.96 bits per heavy atom. The van der Waals surface area contributed by atoms with Crippen molar-refractivity contribution in [1.82, 2.24) is 20.8 Å². The van der Waals surface area contributed by atoms with E-state index in [1.54, 1.807) is 0 Å². The number of carbonyl (C=O) groups excluding carboxylic acids is 2. The zero-order valence-corrected chi connectivity index (χ0v) is 14.0. The summed E-state index contributed by atoms with van der Waals surface area (Å²) in [5.41, 5.74) is 10.9. The molecule has 0 aliphatic carbocycles. The van der Waals surface area contributed by atoms with Gasteiger partial charge in [0.05, 0.1) is 18.6 Å². The number of nitrogens with one attached hydrogen (secondary N) is 2. The second kappa shape index (κ2) is 9.65. The minimum atomic E-state index is -1.57. The summed E-state index contributed by atoms with van der Waals surface area (Å²) in [6, 6.07) is -4.42. The lowest BCUT2D eigenvalue weighted by Crippen LogP contribution is -2.52. The predicted octanol–water partition coefficient (Wildman–Crippen LogP) is -2.50. The highest BCUT2D eigenvalue weighted by atomic mass is 16.5. The summed E-state index contributed by atoms with van der Waals surface area (Å²) >= 11 is 0. The topological polar surface area (TPSA) is 227 Å². The Bertz CT molecular complexity index is 634. The van der Waals surface area contributed by atoms with Crippen LogP contribution in [0.25, 0.3) is 0 Å². The van der Waals surface area contributed by atoms with Gasteiger partial charge in [-0.3, -0.25) is 4.79 Å². The van der Waals surface area contributed by atoms with Crippen LogP contribution in [0, 0.1) is 0 Å². The minimum absolute atomic E-state index is 0.0538. The summed E-state index contributed by atoms with van der Waals surface area (Å²) in [5, 5.41) is 35.1. The molecule has 3 amide bonds. The summed E-state index contributed by atoms with van der Waals surface area (Å²) in [6.07, 6.45) is -1.60. The van der Waals surface area contributed by atoms with E-state index < -0.39 is 48.6 Å². The quantitative estimate of drug-likeness (QED) is 0.228. The van der Waals surface area contributed by atoms with E-state index in [9.17, 15) is 19.5 Å². The molecule has 13 nitrogen and oxygen atoms in total. The fourth-order valence-corrected chi connectivity index (χ4v) is 1.94. The molecule has 2 unspecified atom stereocenters. The number of aliphatic hydroxyl groups excluding tert-OH is 2. The molecular formula is C13H22N6O7. The molecule has 26 heavy (non-hydrogen) atoms. The number of carboxylic acids is 1. The first kappa shape index (κ1) is 21.3. The number of rotatable bonds is 10. The summed E-state index contributed by atoms with van der Waals surface area (Å²) in [4.78, 5) is 38.1. The molecule has 0 aromatic carbocycles. The highest BCUT2D eigenvalue weighted by molar-refractivity contribution is 5.83. The van der Waals surface area contributed by atoms with Crippen LogP contribution in [0.5, 0.6) is 0 Å². The van der Waals surface area contributed by atoms with Gasteiger partial charge in [-0.05, 0) is 13.3 Å². The Morgan fingerprint density at radius 3 is 2.46 bits per heavy atom. The van der Waals surface area contributed by atoms with Crippen LogP contribution >= 0.6 is 0 Å². The third kappa shape index (κ3) is 6.27. The fourth-order valence-electron chi connectivity index (χ4n) is 1.94. The number of carbonyl (C=O) groups is 3. The molecule has 4 atom stereocenters. The van der Waals surface area contributed by atoms with Gasteiger partial charge >= 0.3 is 12.0 Å². The van der Waals surface area contributed by atoms with Crippen LogP contribution < -0.4 is 22.1 Å². The number of urea groups is 1. The van der Waals surface area contributed by atoms with E-state index in [1.165, 1.54) is 6.92 Å². The van der Waals surface area contributed by atoms with Gasteiger partial charge in [0.15, 0.2) is 11.9 Å². The first-order valence-electron chi connectivity index (χ1n) is 7.61. The third-order valence-electron chi connectivity index (χ3n) is 3.27. The monoisotopic (exact) mass is 374 g/mol. The molecule has 0 spiro atoms. The van der Waals surface area contributed by atoms with Crippen molar-refractivity contribution in [3.8, 4) is 0 Å². The van der Waals surface area contributed by atoms with Gasteiger partial charge in [0.25, 0.3) is 0 Å². The van der Waals surface area contributed by atoms with Gasteiger partial charge in [0.2, 0.25) is 11.8 Å². The molecule has 1 aromatic heterocycles. The molecule has 13 heteroatoms. The molecule has 0 aliphatic rings. The lowest BCUT2D eigenvalue weighted by Gasteiger charge is -2.19. The van der Waals surface area contributed by atoms with E-state index in [1.807, 2.05) is 5.32 Å². The van der Waals surface area contributed by atoms with Gasteiger partial charge in [-0.15, -0.1) is 0 Å². The summed E-state index contributed by atoms with van der Waals surface area (Å²) in [6.45, 7) is 0.985. The Hall–Kier alpha value is -2.77. The minimum Gasteiger partial charge on any atom is -0.480 e. The predicted molar refractivity (Wildman–Crippen MR) is 84.3 cm³/mol. The number of aromatic nitrogens is 2. The van der Waals surface area contributed by atoms with Gasteiger partial charge in [0.1, 0.15) is 6.04 Å². The Morgan fingerprint density at radius 1 is 1.31 bits per heavy atom. The number of primary amides is 1. The number of hydrogen-bond donors (Lipinski definition) is 7. The molecule has 1 heterocycles. The van der Waals surface area contributed by atoms with Crippen molar-refractivity contribution in [3.63, 3.8) is 0 Å². The van der Waals surface area contributed by atoms with Crippen LogP contribution in [0.15, 0.2) is 4.52 Å². The Labute approximate surface area is 147 Å². The van der Waals surface area contributed by atoms with Crippen LogP contribution in [0.4, 0.5) is 4.79 Å². The van der Waals surface area contributed by atoms with Gasteiger partial charge < -0.3 is 41.9 Å². The summed E-state index contributed by atoms with van der Waals surface area (Å²) in [5.74, 6) is -2.36. The van der Waals surface area contributed by atoms with Crippen LogP contribution in [-0.4, -0.2) is 62.1 Å². The van der Waals surface area contributed by atoms with Gasteiger partial charge in [-0.25, -0.2) is 9.59 Å². The maximum atomic E-state index is 12.0. The molecule has 0 fully saturated rings. The van der Waals surface area contributed by atoms with Crippen molar-refractivity contribution in [2.45, 2.75) is 44.0 Å². The van der Waals surface area contributed by atoms with Crippen molar-refractivity contribution in [2.75, 3.05) is 6.61 Å². The molecule has 0 aliphatic heterocycles. The first-order valence-corrected chi connectivity index (χ1v) is 7.61. The average molecular weight is 374 g/mol.